The Morgan fingerprint density at radius 2 is 2.06 bits per heavy atom. The maximum absolute atomic E-state index is 5.51. The first-order valence-corrected chi connectivity index (χ1v) is 5.49. The van der Waals surface area contributed by atoms with Gasteiger partial charge in [-0.2, -0.15) is 0 Å². The highest BCUT2D eigenvalue weighted by Gasteiger charge is 2.19. The van der Waals surface area contributed by atoms with Crippen LogP contribution in [0, 0.1) is 0 Å². The molecule has 2 aromatic heterocycles. The van der Waals surface area contributed by atoms with Crippen molar-refractivity contribution >= 4 is 5.95 Å². The molecule has 0 fully saturated rings. The van der Waals surface area contributed by atoms with Gasteiger partial charge in [-0.25, -0.2) is 9.97 Å². The quantitative estimate of drug-likeness (QED) is 0.753. The van der Waals surface area contributed by atoms with Gasteiger partial charge in [0.2, 0.25) is 5.95 Å². The third-order valence-corrected chi connectivity index (χ3v) is 2.85. The second kappa shape index (κ2) is 4.10. The van der Waals surface area contributed by atoms with Gasteiger partial charge in [-0.15, -0.1) is 10.2 Å². The fraction of sp³-hybridized carbons (Fsp3) is 0.400. The van der Waals surface area contributed by atoms with Crippen LogP contribution in [0.15, 0.2) is 18.7 Å². The number of rotatable bonds is 2. The summed E-state index contributed by atoms with van der Waals surface area (Å²) in [6.45, 7) is 2.90. The molecule has 7 nitrogen and oxygen atoms in total. The molecule has 0 unspecified atom stereocenters. The molecule has 0 radical (unpaired) electrons. The maximum Gasteiger partial charge on any atom is 0.225 e. The van der Waals surface area contributed by atoms with Crippen LogP contribution < -0.4 is 10.6 Å². The molecule has 0 spiro atoms. The Kier molecular flexibility index (Phi) is 2.45. The Hall–Kier alpha value is -2.02. The first kappa shape index (κ1) is 10.2. The average molecular weight is 231 g/mol. The Morgan fingerprint density at radius 3 is 2.82 bits per heavy atom. The molecule has 0 saturated carbocycles. The number of hydrogen-bond donors (Lipinski definition) is 1. The lowest BCUT2D eigenvalue weighted by molar-refractivity contribution is 0.551. The highest BCUT2D eigenvalue weighted by atomic mass is 15.3. The zero-order valence-corrected chi connectivity index (χ0v) is 9.32. The lowest BCUT2D eigenvalue weighted by atomic mass is 10.3. The molecular formula is C10H13N7. The summed E-state index contributed by atoms with van der Waals surface area (Å²) in [6.07, 6.45) is 5.29. The molecule has 0 amide bonds. The zero-order valence-electron chi connectivity index (χ0n) is 9.32. The minimum Gasteiger partial charge on any atom is -0.331 e. The minimum atomic E-state index is 0.467. The van der Waals surface area contributed by atoms with Crippen molar-refractivity contribution in [3.05, 3.63) is 30.1 Å². The van der Waals surface area contributed by atoms with Crippen LogP contribution in [0.3, 0.4) is 0 Å². The van der Waals surface area contributed by atoms with Gasteiger partial charge in [-0.3, -0.25) is 0 Å². The number of aromatic nitrogens is 5. The number of anilines is 1. The lowest BCUT2D eigenvalue weighted by Crippen LogP contribution is -2.34. The number of hydrogen-bond acceptors (Lipinski definition) is 6. The van der Waals surface area contributed by atoms with Gasteiger partial charge in [0.05, 0.1) is 6.54 Å². The van der Waals surface area contributed by atoms with E-state index in [-0.39, 0.29) is 0 Å². The normalized spacial score (nSPS) is 14.8. The number of fused-ring (bicyclic) bond motifs is 1. The van der Waals surface area contributed by atoms with Crippen LogP contribution >= 0.6 is 0 Å². The predicted octanol–water partition coefficient (Wildman–Crippen LogP) is -0.453. The fourth-order valence-corrected chi connectivity index (χ4v) is 1.85. The molecule has 0 aromatic carbocycles. The van der Waals surface area contributed by atoms with Gasteiger partial charge >= 0.3 is 0 Å². The molecule has 88 valence electrons. The summed E-state index contributed by atoms with van der Waals surface area (Å²) in [4.78, 5) is 10.7. The predicted molar refractivity (Wildman–Crippen MR) is 61.0 cm³/mol. The Morgan fingerprint density at radius 1 is 1.24 bits per heavy atom. The molecule has 2 N–H and O–H groups in total. The van der Waals surface area contributed by atoms with Crippen molar-refractivity contribution in [2.24, 2.45) is 5.73 Å². The Bertz CT molecular complexity index is 504. The monoisotopic (exact) mass is 231 g/mol. The highest BCUT2D eigenvalue weighted by Crippen LogP contribution is 2.14. The maximum atomic E-state index is 5.51. The summed E-state index contributed by atoms with van der Waals surface area (Å²) in [5.41, 5.74) is 6.45. The van der Waals surface area contributed by atoms with E-state index in [1.54, 1.807) is 18.7 Å². The summed E-state index contributed by atoms with van der Waals surface area (Å²) in [7, 11) is 0. The largest absolute Gasteiger partial charge is 0.331 e. The van der Waals surface area contributed by atoms with E-state index in [1.165, 1.54) is 0 Å². The summed E-state index contributed by atoms with van der Waals surface area (Å²) < 4.78 is 2.05. The van der Waals surface area contributed by atoms with E-state index < -0.39 is 0 Å². The van der Waals surface area contributed by atoms with Crippen LogP contribution in [0.25, 0.3) is 0 Å². The second-order valence-electron chi connectivity index (χ2n) is 3.96. The van der Waals surface area contributed by atoms with Crippen LogP contribution in [0.1, 0.15) is 11.4 Å². The van der Waals surface area contributed by atoms with Gasteiger partial charge in [0.15, 0.2) is 5.82 Å². The summed E-state index contributed by atoms with van der Waals surface area (Å²) >= 11 is 0. The van der Waals surface area contributed by atoms with Gasteiger partial charge in [-0.05, 0) is 0 Å². The smallest absolute Gasteiger partial charge is 0.225 e. The number of nitrogens with two attached hydrogens (primary N) is 1. The molecular weight excluding hydrogens is 218 g/mol. The van der Waals surface area contributed by atoms with Crippen molar-refractivity contribution in [1.82, 2.24) is 24.7 Å². The van der Waals surface area contributed by atoms with Gasteiger partial charge in [0.1, 0.15) is 6.33 Å². The lowest BCUT2D eigenvalue weighted by Gasteiger charge is -2.26. The van der Waals surface area contributed by atoms with Crippen molar-refractivity contribution in [3.63, 3.8) is 0 Å². The van der Waals surface area contributed by atoms with Crippen molar-refractivity contribution in [2.75, 3.05) is 11.4 Å². The molecule has 0 aliphatic carbocycles. The Labute approximate surface area is 98.3 Å². The van der Waals surface area contributed by atoms with E-state index >= 15 is 0 Å². The van der Waals surface area contributed by atoms with Crippen molar-refractivity contribution in [1.29, 1.82) is 0 Å². The van der Waals surface area contributed by atoms with Crippen LogP contribution in [-0.4, -0.2) is 31.3 Å². The summed E-state index contributed by atoms with van der Waals surface area (Å²) in [5, 5.41) is 7.95. The van der Waals surface area contributed by atoms with Crippen LogP contribution in [-0.2, 0) is 19.6 Å². The second-order valence-corrected chi connectivity index (χ2v) is 3.96. The van der Waals surface area contributed by atoms with E-state index in [0.29, 0.717) is 13.1 Å². The third-order valence-electron chi connectivity index (χ3n) is 2.85. The molecule has 17 heavy (non-hydrogen) atoms. The van der Waals surface area contributed by atoms with Gasteiger partial charge in [-0.1, -0.05) is 0 Å². The third kappa shape index (κ3) is 1.84. The molecule has 0 atom stereocenters. The van der Waals surface area contributed by atoms with E-state index in [0.717, 1.165) is 30.4 Å². The molecule has 3 heterocycles. The first-order valence-electron chi connectivity index (χ1n) is 5.49. The minimum absolute atomic E-state index is 0.467. The summed E-state index contributed by atoms with van der Waals surface area (Å²) in [6, 6.07) is 0. The highest BCUT2D eigenvalue weighted by molar-refractivity contribution is 5.31. The van der Waals surface area contributed by atoms with Crippen LogP contribution in [0.2, 0.25) is 0 Å². The van der Waals surface area contributed by atoms with Crippen molar-refractivity contribution in [2.45, 2.75) is 19.6 Å². The van der Waals surface area contributed by atoms with Gasteiger partial charge in [0, 0.05) is 37.6 Å². The van der Waals surface area contributed by atoms with E-state index in [9.17, 15) is 0 Å². The summed E-state index contributed by atoms with van der Waals surface area (Å²) in [5.74, 6) is 1.67. The SMILES string of the molecule is NCc1cnc(N2CCn3cnnc3C2)nc1. The molecule has 3 rings (SSSR count). The van der Waals surface area contributed by atoms with E-state index in [2.05, 4.69) is 25.1 Å². The molecule has 0 bridgehead atoms. The van der Waals surface area contributed by atoms with E-state index in [1.807, 2.05) is 4.57 Å². The average Bonchev–Trinajstić information content (AvgIpc) is 2.86. The first-order chi connectivity index (χ1) is 8.36. The molecule has 0 saturated heterocycles. The van der Waals surface area contributed by atoms with Crippen molar-refractivity contribution in [3.8, 4) is 0 Å². The topological polar surface area (TPSA) is 85.8 Å². The van der Waals surface area contributed by atoms with Crippen molar-refractivity contribution < 1.29 is 0 Å². The Balaban J connectivity index is 1.81. The van der Waals surface area contributed by atoms with Crippen LogP contribution in [0.5, 0.6) is 0 Å². The van der Waals surface area contributed by atoms with E-state index in [4.69, 9.17) is 5.73 Å². The standard InChI is InChI=1S/C10H13N7/c11-3-8-4-12-10(13-5-8)16-1-2-17-7-14-15-9(17)6-16/h4-5,7H,1-3,6,11H2. The van der Waals surface area contributed by atoms with Crippen LogP contribution in [0.4, 0.5) is 5.95 Å². The van der Waals surface area contributed by atoms with Gasteiger partial charge in [0.25, 0.3) is 0 Å². The zero-order chi connectivity index (χ0) is 11.7. The molecule has 2 aromatic rings. The molecule has 1 aliphatic heterocycles. The fourth-order valence-electron chi connectivity index (χ4n) is 1.85. The van der Waals surface area contributed by atoms with Gasteiger partial charge < -0.3 is 15.2 Å². The molecule has 1 aliphatic rings. The number of nitrogens with zero attached hydrogens (tertiary/aromatic N) is 6. The molecule has 7 heteroatoms.